The monoisotopic (exact) mass is 440 g/mol. The van der Waals surface area contributed by atoms with Crippen LogP contribution in [0.15, 0.2) is 64.0 Å². The minimum absolute atomic E-state index is 0.132. The number of amides is 1. The van der Waals surface area contributed by atoms with E-state index in [-0.39, 0.29) is 23.3 Å². The Kier molecular flexibility index (Phi) is 6.15. The van der Waals surface area contributed by atoms with E-state index >= 15 is 0 Å². The lowest BCUT2D eigenvalue weighted by molar-refractivity contribution is -0.126. The standard InChI is InChI=1S/C22H24N4O4S/c1-16-6-5-7-18(14-16)21-24-20(30-25-21)15-23-22(27)17-10-12-26(13-11-17)31(28,29)19-8-3-2-4-9-19/h2-9,14,17H,10-13,15H2,1H3,(H,23,27). The lowest BCUT2D eigenvalue weighted by Gasteiger charge is -2.30. The average Bonchev–Trinajstić information content (AvgIpc) is 3.27. The van der Waals surface area contributed by atoms with E-state index in [9.17, 15) is 13.2 Å². The first kappa shape index (κ1) is 21.2. The molecule has 8 nitrogen and oxygen atoms in total. The number of hydrogen-bond acceptors (Lipinski definition) is 6. The molecule has 1 aliphatic heterocycles. The number of nitrogens with zero attached hydrogens (tertiary/aromatic N) is 3. The van der Waals surface area contributed by atoms with Crippen molar-refractivity contribution in [3.8, 4) is 11.4 Å². The van der Waals surface area contributed by atoms with Crippen molar-refractivity contribution in [3.05, 3.63) is 66.1 Å². The third-order valence-corrected chi connectivity index (χ3v) is 7.28. The molecule has 1 aromatic heterocycles. The summed E-state index contributed by atoms with van der Waals surface area (Å²) in [5, 5.41) is 6.80. The van der Waals surface area contributed by atoms with Crippen LogP contribution in [-0.2, 0) is 21.4 Å². The Labute approximate surface area is 181 Å². The van der Waals surface area contributed by atoms with Gasteiger partial charge in [0.1, 0.15) is 0 Å². The van der Waals surface area contributed by atoms with E-state index in [0.717, 1.165) is 11.1 Å². The summed E-state index contributed by atoms with van der Waals surface area (Å²) in [4.78, 5) is 17.2. The molecule has 1 amide bonds. The molecule has 4 rings (SSSR count). The van der Waals surface area contributed by atoms with E-state index in [0.29, 0.717) is 37.6 Å². The lowest BCUT2D eigenvalue weighted by atomic mass is 9.97. The predicted octanol–water partition coefficient (Wildman–Crippen LogP) is 2.76. The number of aromatic nitrogens is 2. The molecule has 1 saturated heterocycles. The molecule has 0 spiro atoms. The fraction of sp³-hybridized carbons (Fsp3) is 0.318. The molecule has 2 heterocycles. The molecular weight excluding hydrogens is 416 g/mol. The zero-order valence-corrected chi connectivity index (χ0v) is 18.0. The Balaban J connectivity index is 1.30. The van der Waals surface area contributed by atoms with E-state index in [1.165, 1.54) is 4.31 Å². The van der Waals surface area contributed by atoms with Crippen molar-refractivity contribution < 1.29 is 17.7 Å². The van der Waals surface area contributed by atoms with Gasteiger partial charge in [-0.05, 0) is 38.0 Å². The molecule has 162 valence electrons. The van der Waals surface area contributed by atoms with Crippen LogP contribution in [-0.4, -0.2) is 41.9 Å². The maximum Gasteiger partial charge on any atom is 0.246 e. The molecule has 9 heteroatoms. The minimum atomic E-state index is -3.52. The van der Waals surface area contributed by atoms with Crippen molar-refractivity contribution in [1.82, 2.24) is 19.8 Å². The second-order valence-electron chi connectivity index (χ2n) is 7.59. The van der Waals surface area contributed by atoms with Gasteiger partial charge in [0.2, 0.25) is 27.6 Å². The molecule has 0 atom stereocenters. The van der Waals surface area contributed by atoms with Gasteiger partial charge in [-0.15, -0.1) is 0 Å². The summed E-state index contributed by atoms with van der Waals surface area (Å²) in [5.74, 6) is 0.426. The van der Waals surface area contributed by atoms with Crippen molar-refractivity contribution in [2.45, 2.75) is 31.2 Å². The number of nitrogens with one attached hydrogen (secondary N) is 1. The van der Waals surface area contributed by atoms with Gasteiger partial charge in [-0.2, -0.15) is 9.29 Å². The van der Waals surface area contributed by atoms with Gasteiger partial charge in [0.15, 0.2) is 0 Å². The fourth-order valence-electron chi connectivity index (χ4n) is 3.64. The predicted molar refractivity (Wildman–Crippen MR) is 114 cm³/mol. The van der Waals surface area contributed by atoms with Gasteiger partial charge in [-0.25, -0.2) is 8.42 Å². The first-order chi connectivity index (χ1) is 14.9. The van der Waals surface area contributed by atoms with Crippen LogP contribution in [0.4, 0.5) is 0 Å². The molecule has 31 heavy (non-hydrogen) atoms. The van der Waals surface area contributed by atoms with Crippen LogP contribution < -0.4 is 5.32 Å². The van der Waals surface area contributed by atoms with Crippen molar-refractivity contribution in [2.24, 2.45) is 5.92 Å². The number of piperidine rings is 1. The summed E-state index contributed by atoms with van der Waals surface area (Å²) >= 11 is 0. The summed E-state index contributed by atoms with van der Waals surface area (Å²) < 4.78 is 32.1. The molecule has 1 fully saturated rings. The largest absolute Gasteiger partial charge is 0.347 e. The highest BCUT2D eigenvalue weighted by molar-refractivity contribution is 7.89. The first-order valence-electron chi connectivity index (χ1n) is 10.2. The summed E-state index contributed by atoms with van der Waals surface area (Å²) in [7, 11) is -3.52. The Morgan fingerprint density at radius 3 is 2.58 bits per heavy atom. The van der Waals surface area contributed by atoms with E-state index in [1.807, 2.05) is 31.2 Å². The van der Waals surface area contributed by atoms with E-state index in [2.05, 4.69) is 15.5 Å². The molecule has 1 aliphatic rings. The molecule has 2 aromatic carbocycles. The summed E-state index contributed by atoms with van der Waals surface area (Å²) in [5.41, 5.74) is 1.95. The summed E-state index contributed by atoms with van der Waals surface area (Å²) in [6.45, 7) is 2.75. The van der Waals surface area contributed by atoms with E-state index in [4.69, 9.17) is 4.52 Å². The fourth-order valence-corrected chi connectivity index (χ4v) is 5.13. The van der Waals surface area contributed by atoms with Crippen molar-refractivity contribution in [3.63, 3.8) is 0 Å². The Morgan fingerprint density at radius 1 is 1.13 bits per heavy atom. The van der Waals surface area contributed by atoms with E-state index < -0.39 is 10.0 Å². The number of aryl methyl sites for hydroxylation is 1. The van der Waals surface area contributed by atoms with Gasteiger partial charge in [0.05, 0.1) is 11.4 Å². The van der Waals surface area contributed by atoms with Crippen LogP contribution in [0.1, 0.15) is 24.3 Å². The lowest BCUT2D eigenvalue weighted by Crippen LogP contribution is -2.42. The Morgan fingerprint density at radius 2 is 1.87 bits per heavy atom. The molecule has 1 N–H and O–H groups in total. The number of rotatable bonds is 6. The third-order valence-electron chi connectivity index (χ3n) is 5.36. The highest BCUT2D eigenvalue weighted by Crippen LogP contribution is 2.24. The zero-order chi connectivity index (χ0) is 21.8. The van der Waals surface area contributed by atoms with Gasteiger partial charge < -0.3 is 9.84 Å². The third kappa shape index (κ3) is 4.83. The quantitative estimate of drug-likeness (QED) is 0.632. The van der Waals surface area contributed by atoms with Gasteiger partial charge in [-0.1, -0.05) is 47.1 Å². The number of carbonyl (C=O) groups is 1. The number of hydrogen-bond donors (Lipinski definition) is 1. The first-order valence-corrected chi connectivity index (χ1v) is 11.6. The van der Waals surface area contributed by atoms with Crippen molar-refractivity contribution in [1.29, 1.82) is 0 Å². The molecule has 3 aromatic rings. The molecule has 0 aliphatic carbocycles. The highest BCUT2D eigenvalue weighted by atomic mass is 32.2. The highest BCUT2D eigenvalue weighted by Gasteiger charge is 2.32. The van der Waals surface area contributed by atoms with Crippen LogP contribution in [0.3, 0.4) is 0 Å². The van der Waals surface area contributed by atoms with Crippen LogP contribution in [0.25, 0.3) is 11.4 Å². The number of benzene rings is 2. The normalized spacial score (nSPS) is 15.6. The topological polar surface area (TPSA) is 105 Å². The Hall–Kier alpha value is -3.04. The van der Waals surface area contributed by atoms with E-state index in [1.54, 1.807) is 30.3 Å². The molecule has 0 bridgehead atoms. The van der Waals surface area contributed by atoms with Gasteiger partial charge >= 0.3 is 0 Å². The second kappa shape index (κ2) is 8.99. The van der Waals surface area contributed by atoms with Gasteiger partial charge in [0, 0.05) is 24.6 Å². The van der Waals surface area contributed by atoms with Crippen LogP contribution in [0.5, 0.6) is 0 Å². The van der Waals surface area contributed by atoms with Crippen molar-refractivity contribution >= 4 is 15.9 Å². The summed E-state index contributed by atoms with van der Waals surface area (Å²) in [6, 6.07) is 16.1. The second-order valence-corrected chi connectivity index (χ2v) is 9.53. The molecule has 0 saturated carbocycles. The maximum atomic E-state index is 12.7. The number of sulfonamides is 1. The van der Waals surface area contributed by atoms with Crippen LogP contribution in [0, 0.1) is 12.8 Å². The van der Waals surface area contributed by atoms with Crippen LogP contribution >= 0.6 is 0 Å². The van der Waals surface area contributed by atoms with Gasteiger partial charge in [0.25, 0.3) is 0 Å². The van der Waals surface area contributed by atoms with Crippen LogP contribution in [0.2, 0.25) is 0 Å². The van der Waals surface area contributed by atoms with Gasteiger partial charge in [-0.3, -0.25) is 4.79 Å². The summed E-state index contributed by atoms with van der Waals surface area (Å²) in [6.07, 6.45) is 0.937. The minimum Gasteiger partial charge on any atom is -0.347 e. The smallest absolute Gasteiger partial charge is 0.246 e. The molecule has 0 radical (unpaired) electrons. The Bertz CT molecular complexity index is 1150. The number of carbonyl (C=O) groups excluding carboxylic acids is 1. The average molecular weight is 441 g/mol. The maximum absolute atomic E-state index is 12.7. The molecular formula is C22H24N4O4S. The zero-order valence-electron chi connectivity index (χ0n) is 17.2. The van der Waals surface area contributed by atoms with Crippen molar-refractivity contribution in [2.75, 3.05) is 13.1 Å². The SMILES string of the molecule is Cc1cccc(-c2noc(CNC(=O)C3CCN(S(=O)(=O)c4ccccc4)CC3)n2)c1. The molecule has 0 unspecified atom stereocenters.